The maximum Gasteiger partial charge on any atom is 0.216 e. The van der Waals surface area contributed by atoms with Crippen LogP contribution in [0.15, 0.2) is 39.6 Å². The van der Waals surface area contributed by atoms with E-state index in [9.17, 15) is 17.7 Å². The van der Waals surface area contributed by atoms with Crippen LogP contribution in [0.5, 0.6) is 0 Å². The van der Waals surface area contributed by atoms with Gasteiger partial charge in [-0.25, -0.2) is 21.7 Å². The fourth-order valence-corrected chi connectivity index (χ4v) is 8.22. The highest BCUT2D eigenvalue weighted by molar-refractivity contribution is 7.94. The number of sulfonamides is 1. The first-order chi connectivity index (χ1) is 12.5. The van der Waals surface area contributed by atoms with E-state index in [2.05, 4.69) is 9.08 Å². The van der Waals surface area contributed by atoms with Gasteiger partial charge in [-0.3, -0.25) is 0 Å². The minimum atomic E-state index is -3.63. The van der Waals surface area contributed by atoms with Crippen LogP contribution in [0.2, 0.25) is 0 Å². The molecule has 2 aliphatic rings. The van der Waals surface area contributed by atoms with Crippen LogP contribution in [-0.2, 0) is 19.8 Å². The van der Waals surface area contributed by atoms with Crippen molar-refractivity contribution in [3.05, 3.63) is 30.3 Å². The lowest BCUT2D eigenvalue weighted by Crippen LogP contribution is -2.51. The molecule has 0 spiro atoms. The van der Waals surface area contributed by atoms with Gasteiger partial charge >= 0.3 is 0 Å². The molecule has 27 heavy (non-hydrogen) atoms. The summed E-state index contributed by atoms with van der Waals surface area (Å²) in [5.74, 6) is -0.0301. The second-order valence-corrected chi connectivity index (χ2v) is 13.5. The van der Waals surface area contributed by atoms with Gasteiger partial charge in [0.1, 0.15) is 0 Å². The molecule has 0 unspecified atom stereocenters. The summed E-state index contributed by atoms with van der Waals surface area (Å²) < 4.78 is 45.4. The Morgan fingerprint density at radius 1 is 1.07 bits per heavy atom. The molecule has 2 saturated carbocycles. The van der Waals surface area contributed by atoms with Crippen LogP contribution < -0.4 is 4.72 Å². The van der Waals surface area contributed by atoms with Crippen molar-refractivity contribution in [2.24, 2.45) is 16.2 Å². The summed E-state index contributed by atoms with van der Waals surface area (Å²) in [5.41, 5.74) is 0. The van der Waals surface area contributed by atoms with Crippen LogP contribution in [0.1, 0.15) is 40.0 Å². The fourth-order valence-electron chi connectivity index (χ4n) is 4.52. The van der Waals surface area contributed by atoms with Gasteiger partial charge in [-0.05, 0) is 57.6 Å². The Morgan fingerprint density at radius 2 is 1.67 bits per heavy atom. The van der Waals surface area contributed by atoms with E-state index in [0.717, 1.165) is 19.3 Å². The molecule has 2 fully saturated rings. The molecule has 0 radical (unpaired) electrons. The van der Waals surface area contributed by atoms with E-state index in [1.165, 1.54) is 7.05 Å². The largest absolute Gasteiger partial charge is 0.390 e. The molecule has 6 atom stereocenters. The summed E-state index contributed by atoms with van der Waals surface area (Å²) in [7, 11) is -4.97. The van der Waals surface area contributed by atoms with E-state index in [1.54, 1.807) is 32.9 Å². The maximum atomic E-state index is 13.9. The monoisotopic (exact) mass is 414 g/mol. The zero-order valence-corrected chi connectivity index (χ0v) is 18.0. The van der Waals surface area contributed by atoms with E-state index in [4.69, 9.17) is 0 Å². The predicted octanol–water partition coefficient (Wildman–Crippen LogP) is 2.39. The zero-order valence-electron chi connectivity index (χ0n) is 16.3. The average molecular weight is 415 g/mol. The number of hydrogen-bond donors (Lipinski definition) is 2. The highest BCUT2D eigenvalue weighted by Gasteiger charge is 2.57. The number of aliphatic hydroxyl groups is 1. The molecule has 2 N–H and O–H groups in total. The molecule has 152 valence electrons. The van der Waals surface area contributed by atoms with E-state index in [0.29, 0.717) is 4.90 Å². The third kappa shape index (κ3) is 3.45. The molecule has 8 heteroatoms. The van der Waals surface area contributed by atoms with E-state index in [-0.39, 0.29) is 11.8 Å². The first-order valence-corrected chi connectivity index (χ1v) is 12.5. The van der Waals surface area contributed by atoms with Gasteiger partial charge in [-0.1, -0.05) is 24.6 Å². The number of aliphatic hydroxyl groups excluding tert-OH is 1. The smallest absolute Gasteiger partial charge is 0.216 e. The standard InChI is InChI=1S/C19H30N2O4S2/c1-19(2,3)27(24,25)21-16-14-11-8-12-15(14)18(17(16)22)26(23,20-4)13-9-6-5-7-10-13/h5-7,9-10,14-18,21-22H,8,11-12H2,1-4H3/t14-,15+,16+,17+,18-,26-/m1/s1. The molecule has 2 aliphatic carbocycles. The summed E-state index contributed by atoms with van der Waals surface area (Å²) in [4.78, 5) is 0.599. The van der Waals surface area contributed by atoms with Crippen molar-refractivity contribution in [3.8, 4) is 0 Å². The fraction of sp³-hybridized carbons (Fsp3) is 0.684. The molecular formula is C19H30N2O4S2. The number of hydrogen-bond acceptors (Lipinski definition) is 5. The minimum Gasteiger partial charge on any atom is -0.390 e. The minimum absolute atomic E-state index is 0.0101. The summed E-state index contributed by atoms with van der Waals surface area (Å²) in [6.45, 7) is 4.90. The van der Waals surface area contributed by atoms with Crippen molar-refractivity contribution in [2.45, 2.75) is 67.1 Å². The molecule has 0 amide bonds. The van der Waals surface area contributed by atoms with Crippen molar-refractivity contribution < 1.29 is 17.7 Å². The number of nitrogens with one attached hydrogen (secondary N) is 1. The molecule has 6 nitrogen and oxygen atoms in total. The van der Waals surface area contributed by atoms with Crippen molar-refractivity contribution in [3.63, 3.8) is 0 Å². The lowest BCUT2D eigenvalue weighted by Gasteiger charge is -2.28. The van der Waals surface area contributed by atoms with Crippen LogP contribution in [0.25, 0.3) is 0 Å². The molecule has 0 heterocycles. The van der Waals surface area contributed by atoms with Crippen LogP contribution >= 0.6 is 0 Å². The second-order valence-electron chi connectivity index (χ2n) is 8.54. The van der Waals surface area contributed by atoms with Crippen LogP contribution in [0, 0.1) is 11.8 Å². The van der Waals surface area contributed by atoms with Gasteiger partial charge in [-0.2, -0.15) is 0 Å². The van der Waals surface area contributed by atoms with Gasteiger partial charge in [0.2, 0.25) is 10.0 Å². The summed E-state index contributed by atoms with van der Waals surface area (Å²) >= 11 is 0. The van der Waals surface area contributed by atoms with Crippen LogP contribution in [0.4, 0.5) is 0 Å². The van der Waals surface area contributed by atoms with E-state index in [1.807, 2.05) is 18.2 Å². The molecule has 1 aromatic carbocycles. The predicted molar refractivity (Wildman–Crippen MR) is 107 cm³/mol. The van der Waals surface area contributed by atoms with Crippen LogP contribution in [0.3, 0.4) is 0 Å². The Labute approximate surface area is 163 Å². The maximum absolute atomic E-state index is 13.9. The topological polar surface area (TPSA) is 95.8 Å². The Hall–Kier alpha value is -0.960. The van der Waals surface area contributed by atoms with Gasteiger partial charge < -0.3 is 5.11 Å². The third-order valence-corrected chi connectivity index (χ3v) is 11.1. The number of fused-ring (bicyclic) bond motifs is 1. The van der Waals surface area contributed by atoms with Crippen molar-refractivity contribution >= 4 is 19.8 Å². The van der Waals surface area contributed by atoms with Crippen molar-refractivity contribution in [1.82, 2.24) is 4.72 Å². The summed E-state index contributed by atoms with van der Waals surface area (Å²) in [5, 5.41) is 10.6. The molecule has 0 saturated heterocycles. The van der Waals surface area contributed by atoms with Gasteiger partial charge in [0.15, 0.2) is 0 Å². The van der Waals surface area contributed by atoms with Gasteiger partial charge in [0.25, 0.3) is 0 Å². The Bertz CT molecular complexity index is 899. The third-order valence-electron chi connectivity index (χ3n) is 6.03. The second kappa shape index (κ2) is 7.13. The van der Waals surface area contributed by atoms with Gasteiger partial charge in [-0.15, -0.1) is 0 Å². The summed E-state index contributed by atoms with van der Waals surface area (Å²) in [6, 6.07) is 8.40. The number of rotatable bonds is 4. The first kappa shape index (κ1) is 20.8. The highest BCUT2D eigenvalue weighted by Crippen LogP contribution is 2.49. The molecule has 3 rings (SSSR count). The highest BCUT2D eigenvalue weighted by atomic mass is 32.2. The zero-order chi connectivity index (χ0) is 20.0. The first-order valence-electron chi connectivity index (χ1n) is 9.42. The Kier molecular flexibility index (Phi) is 5.49. The quantitative estimate of drug-likeness (QED) is 0.791. The Morgan fingerprint density at radius 3 is 2.22 bits per heavy atom. The Balaban J connectivity index is 2.03. The molecule has 0 aliphatic heterocycles. The van der Waals surface area contributed by atoms with E-state index >= 15 is 0 Å². The molecular weight excluding hydrogens is 384 g/mol. The summed E-state index contributed by atoms with van der Waals surface area (Å²) in [6.07, 6.45) is 1.57. The molecule has 0 aromatic heterocycles. The van der Waals surface area contributed by atoms with Crippen molar-refractivity contribution in [1.29, 1.82) is 0 Å². The van der Waals surface area contributed by atoms with Gasteiger partial charge in [0.05, 0.1) is 31.9 Å². The van der Waals surface area contributed by atoms with E-state index < -0.39 is 41.9 Å². The van der Waals surface area contributed by atoms with Crippen molar-refractivity contribution in [2.75, 3.05) is 7.05 Å². The number of benzene rings is 1. The van der Waals surface area contributed by atoms with Crippen LogP contribution in [-0.4, -0.2) is 46.9 Å². The van der Waals surface area contributed by atoms with Gasteiger partial charge in [0, 0.05) is 11.9 Å². The average Bonchev–Trinajstić information content (AvgIpc) is 3.16. The SMILES string of the molecule is CN=[S@@](=O)(c1ccccc1)[C@H]1[C@@H](O)[C@@H](NS(=O)(=O)C(C)(C)C)[C@@H]2CCC[C@@H]21. The number of nitrogens with zero attached hydrogens (tertiary/aromatic N) is 1. The normalized spacial score (nSPS) is 33.4. The molecule has 0 bridgehead atoms. The lowest BCUT2D eigenvalue weighted by atomic mass is 9.98. The molecule has 1 aromatic rings. The lowest BCUT2D eigenvalue weighted by molar-refractivity contribution is 0.148.